The highest BCUT2D eigenvalue weighted by atomic mass is 32.2. The van der Waals surface area contributed by atoms with Crippen LogP contribution in [-0.4, -0.2) is 39.8 Å². The molecule has 1 aliphatic rings. The fourth-order valence-electron chi connectivity index (χ4n) is 3.14. The second kappa shape index (κ2) is 7.27. The van der Waals surface area contributed by atoms with Gasteiger partial charge in [-0.05, 0) is 29.7 Å². The molecule has 0 saturated carbocycles. The van der Waals surface area contributed by atoms with E-state index in [-0.39, 0.29) is 5.91 Å². The van der Waals surface area contributed by atoms with Crippen LogP contribution in [0.2, 0.25) is 0 Å². The average molecular weight is 353 g/mol. The lowest BCUT2D eigenvalue weighted by molar-refractivity contribution is -0.129. The summed E-state index contributed by atoms with van der Waals surface area (Å²) in [7, 11) is 0. The van der Waals surface area contributed by atoms with E-state index in [9.17, 15) is 4.79 Å². The van der Waals surface area contributed by atoms with Gasteiger partial charge in [-0.1, -0.05) is 48.2 Å². The molecule has 1 aromatic heterocycles. The van der Waals surface area contributed by atoms with Gasteiger partial charge in [0.2, 0.25) is 11.8 Å². The molecule has 2 aromatic carbocycles. The first kappa shape index (κ1) is 16.1. The van der Waals surface area contributed by atoms with Gasteiger partial charge in [0.1, 0.15) is 0 Å². The molecule has 3 aromatic rings. The van der Waals surface area contributed by atoms with Crippen molar-refractivity contribution < 1.29 is 9.21 Å². The van der Waals surface area contributed by atoms with Crippen molar-refractivity contribution in [3.8, 4) is 11.5 Å². The Hall–Kier alpha value is -2.34. The Morgan fingerprint density at radius 2 is 1.88 bits per heavy atom. The lowest BCUT2D eigenvalue weighted by Crippen LogP contribution is -2.27. The summed E-state index contributed by atoms with van der Waals surface area (Å²) in [5.74, 6) is 1.40. The zero-order chi connectivity index (χ0) is 17.1. The van der Waals surface area contributed by atoms with E-state index in [1.165, 1.54) is 11.8 Å². The quantitative estimate of drug-likeness (QED) is 0.649. The zero-order valence-corrected chi connectivity index (χ0v) is 14.7. The van der Waals surface area contributed by atoms with Gasteiger partial charge in [0.25, 0.3) is 5.22 Å². The van der Waals surface area contributed by atoms with Crippen LogP contribution in [0.5, 0.6) is 0 Å². The number of fused-ring (bicyclic) bond motifs is 1. The van der Waals surface area contributed by atoms with Gasteiger partial charge in [-0.3, -0.25) is 4.79 Å². The van der Waals surface area contributed by atoms with Crippen molar-refractivity contribution in [1.82, 2.24) is 15.1 Å². The number of hydrogen-bond donors (Lipinski definition) is 0. The standard InChI is InChI=1S/C19H19N3O2S/c23-17(22-11-3-4-12-22)10-13-25-19-21-20-18(24-19)16-9-5-7-14-6-1-2-8-15(14)16/h1-2,5-9H,3-4,10-13H2. The van der Waals surface area contributed by atoms with Crippen molar-refractivity contribution in [2.45, 2.75) is 24.5 Å². The topological polar surface area (TPSA) is 59.2 Å². The van der Waals surface area contributed by atoms with E-state index in [0.29, 0.717) is 23.3 Å². The molecule has 0 spiro atoms. The van der Waals surface area contributed by atoms with Crippen molar-refractivity contribution in [1.29, 1.82) is 0 Å². The summed E-state index contributed by atoms with van der Waals surface area (Å²) in [5.41, 5.74) is 0.936. The second-order valence-corrected chi connectivity index (χ2v) is 7.13. The number of thioether (sulfide) groups is 1. The first-order chi connectivity index (χ1) is 12.3. The summed E-state index contributed by atoms with van der Waals surface area (Å²) in [5, 5.41) is 11.0. The van der Waals surface area contributed by atoms with Gasteiger partial charge in [-0.25, -0.2) is 0 Å². The zero-order valence-electron chi connectivity index (χ0n) is 13.9. The van der Waals surface area contributed by atoms with Crippen LogP contribution in [0.1, 0.15) is 19.3 Å². The van der Waals surface area contributed by atoms with Crippen LogP contribution in [0.15, 0.2) is 52.1 Å². The summed E-state index contributed by atoms with van der Waals surface area (Å²) in [6.45, 7) is 1.80. The first-order valence-corrected chi connectivity index (χ1v) is 9.52. The molecule has 1 saturated heterocycles. The predicted octanol–water partition coefficient (Wildman–Crippen LogP) is 3.99. The third kappa shape index (κ3) is 3.54. The van der Waals surface area contributed by atoms with Gasteiger partial charge < -0.3 is 9.32 Å². The number of aromatic nitrogens is 2. The van der Waals surface area contributed by atoms with Gasteiger partial charge in [0.15, 0.2) is 0 Å². The van der Waals surface area contributed by atoms with E-state index in [0.717, 1.165) is 42.3 Å². The Morgan fingerprint density at radius 1 is 1.08 bits per heavy atom. The Balaban J connectivity index is 1.42. The summed E-state index contributed by atoms with van der Waals surface area (Å²) < 4.78 is 5.80. The monoisotopic (exact) mass is 353 g/mol. The van der Waals surface area contributed by atoms with Crippen LogP contribution in [0, 0.1) is 0 Å². The highest BCUT2D eigenvalue weighted by Crippen LogP contribution is 2.29. The van der Waals surface area contributed by atoms with Gasteiger partial charge >= 0.3 is 0 Å². The van der Waals surface area contributed by atoms with Crippen molar-refractivity contribution in [2.24, 2.45) is 0 Å². The molecule has 4 rings (SSSR count). The highest BCUT2D eigenvalue weighted by Gasteiger charge is 2.18. The molecular formula is C19H19N3O2S. The highest BCUT2D eigenvalue weighted by molar-refractivity contribution is 7.99. The first-order valence-electron chi connectivity index (χ1n) is 8.53. The molecular weight excluding hydrogens is 334 g/mol. The number of nitrogens with zero attached hydrogens (tertiary/aromatic N) is 3. The molecule has 25 heavy (non-hydrogen) atoms. The summed E-state index contributed by atoms with van der Waals surface area (Å²) in [6, 6.07) is 14.2. The fourth-order valence-corrected chi connectivity index (χ4v) is 3.83. The van der Waals surface area contributed by atoms with Crippen LogP contribution in [0.3, 0.4) is 0 Å². The molecule has 0 atom stereocenters. The minimum absolute atomic E-state index is 0.221. The number of hydrogen-bond acceptors (Lipinski definition) is 5. The number of carbonyl (C=O) groups excluding carboxylic acids is 1. The van der Waals surface area contributed by atoms with Gasteiger partial charge in [0, 0.05) is 30.8 Å². The third-order valence-electron chi connectivity index (χ3n) is 4.43. The minimum Gasteiger partial charge on any atom is -0.411 e. The van der Waals surface area contributed by atoms with Gasteiger partial charge in [-0.2, -0.15) is 0 Å². The molecule has 2 heterocycles. The normalized spacial score (nSPS) is 14.3. The lowest BCUT2D eigenvalue weighted by atomic mass is 10.0. The molecule has 0 aliphatic carbocycles. The Morgan fingerprint density at radius 3 is 2.76 bits per heavy atom. The molecule has 1 aliphatic heterocycles. The number of likely N-dealkylation sites (tertiary alicyclic amines) is 1. The van der Waals surface area contributed by atoms with E-state index in [1.807, 2.05) is 29.2 Å². The number of amides is 1. The maximum Gasteiger partial charge on any atom is 0.276 e. The molecule has 6 heteroatoms. The molecule has 0 N–H and O–H groups in total. The van der Waals surface area contributed by atoms with Crippen LogP contribution >= 0.6 is 11.8 Å². The number of benzene rings is 2. The largest absolute Gasteiger partial charge is 0.411 e. The third-order valence-corrected chi connectivity index (χ3v) is 5.25. The Labute approximate surface area is 150 Å². The Bertz CT molecular complexity index is 882. The number of carbonyl (C=O) groups is 1. The summed E-state index contributed by atoms with van der Waals surface area (Å²) in [4.78, 5) is 14.0. The van der Waals surface area contributed by atoms with E-state index >= 15 is 0 Å². The molecule has 128 valence electrons. The van der Waals surface area contributed by atoms with Crippen molar-refractivity contribution in [3.05, 3.63) is 42.5 Å². The molecule has 5 nitrogen and oxygen atoms in total. The van der Waals surface area contributed by atoms with Crippen LogP contribution in [-0.2, 0) is 4.79 Å². The van der Waals surface area contributed by atoms with Crippen molar-refractivity contribution in [2.75, 3.05) is 18.8 Å². The molecule has 1 fully saturated rings. The maximum absolute atomic E-state index is 12.1. The van der Waals surface area contributed by atoms with E-state index in [2.05, 4.69) is 28.4 Å². The van der Waals surface area contributed by atoms with Crippen molar-refractivity contribution >= 4 is 28.4 Å². The van der Waals surface area contributed by atoms with Crippen LogP contribution < -0.4 is 0 Å². The SMILES string of the molecule is O=C(CCSc1nnc(-c2cccc3ccccc23)o1)N1CCCC1. The van der Waals surface area contributed by atoms with E-state index < -0.39 is 0 Å². The fraction of sp³-hybridized carbons (Fsp3) is 0.316. The summed E-state index contributed by atoms with van der Waals surface area (Å²) in [6.07, 6.45) is 2.75. The van der Waals surface area contributed by atoms with Crippen molar-refractivity contribution in [3.63, 3.8) is 0 Å². The average Bonchev–Trinajstić information content (AvgIpc) is 3.33. The van der Waals surface area contributed by atoms with E-state index in [1.54, 1.807) is 0 Å². The number of rotatable bonds is 5. The van der Waals surface area contributed by atoms with Gasteiger partial charge in [-0.15, -0.1) is 10.2 Å². The Kier molecular flexibility index (Phi) is 4.70. The minimum atomic E-state index is 0.221. The molecule has 0 unspecified atom stereocenters. The molecule has 0 radical (unpaired) electrons. The molecule has 0 bridgehead atoms. The van der Waals surface area contributed by atoms with Crippen LogP contribution in [0.4, 0.5) is 0 Å². The molecule has 1 amide bonds. The predicted molar refractivity (Wildman–Crippen MR) is 98.4 cm³/mol. The van der Waals surface area contributed by atoms with Crippen LogP contribution in [0.25, 0.3) is 22.2 Å². The van der Waals surface area contributed by atoms with Gasteiger partial charge in [0.05, 0.1) is 0 Å². The smallest absolute Gasteiger partial charge is 0.276 e. The van der Waals surface area contributed by atoms with E-state index in [4.69, 9.17) is 4.42 Å². The maximum atomic E-state index is 12.1. The second-order valence-electron chi connectivity index (χ2n) is 6.09. The summed E-state index contributed by atoms with van der Waals surface area (Å²) >= 11 is 1.44. The lowest BCUT2D eigenvalue weighted by Gasteiger charge is -2.14.